The highest BCUT2D eigenvalue weighted by Gasteiger charge is 2.46. The van der Waals surface area contributed by atoms with Gasteiger partial charge in [-0.25, -0.2) is 0 Å². The van der Waals surface area contributed by atoms with Gasteiger partial charge in [0.15, 0.2) is 6.29 Å². The molecule has 0 spiro atoms. The molecule has 0 saturated carbocycles. The van der Waals surface area contributed by atoms with Crippen LogP contribution in [0.25, 0.3) is 0 Å². The molecule has 0 unspecified atom stereocenters. The highest BCUT2D eigenvalue weighted by molar-refractivity contribution is 5.81. The molecule has 2 aromatic rings. The second-order valence-corrected chi connectivity index (χ2v) is 8.13. The number of aliphatic hydroxyl groups excluding tert-OH is 1. The van der Waals surface area contributed by atoms with Crippen LogP contribution in [0.1, 0.15) is 31.0 Å². The lowest BCUT2D eigenvalue weighted by molar-refractivity contribution is -0.126. The Morgan fingerprint density at radius 3 is 2.56 bits per heavy atom. The highest BCUT2D eigenvalue weighted by Crippen LogP contribution is 2.44. The van der Waals surface area contributed by atoms with E-state index in [1.54, 1.807) is 32.0 Å². The van der Waals surface area contributed by atoms with Gasteiger partial charge in [-0.2, -0.15) is 5.26 Å². The summed E-state index contributed by atoms with van der Waals surface area (Å²) in [6, 6.07) is 16.0. The number of nitriles is 1. The van der Waals surface area contributed by atoms with Crippen LogP contribution in [-0.4, -0.2) is 56.3 Å². The minimum absolute atomic E-state index is 0.0296. The number of rotatable bonds is 8. The molecule has 1 amide bonds. The van der Waals surface area contributed by atoms with Gasteiger partial charge in [-0.1, -0.05) is 18.2 Å². The zero-order chi connectivity index (χ0) is 23.3. The van der Waals surface area contributed by atoms with Crippen LogP contribution in [0.4, 0.5) is 5.69 Å². The predicted molar refractivity (Wildman–Crippen MR) is 119 cm³/mol. The van der Waals surface area contributed by atoms with Crippen LogP contribution in [0.3, 0.4) is 0 Å². The van der Waals surface area contributed by atoms with Gasteiger partial charge in [-0.3, -0.25) is 4.79 Å². The third-order valence-electron chi connectivity index (χ3n) is 5.57. The Kier molecular flexibility index (Phi) is 7.36. The van der Waals surface area contributed by atoms with Crippen molar-refractivity contribution >= 4 is 11.6 Å². The van der Waals surface area contributed by atoms with Crippen molar-refractivity contribution in [3.63, 3.8) is 0 Å². The number of aliphatic hydroxyl groups is 1. The van der Waals surface area contributed by atoms with Gasteiger partial charge in [-0.15, -0.1) is 0 Å². The first-order valence-corrected chi connectivity index (χ1v) is 10.4. The normalized spacial score (nSPS) is 18.9. The van der Waals surface area contributed by atoms with Crippen molar-refractivity contribution in [2.75, 3.05) is 32.2 Å². The van der Waals surface area contributed by atoms with Crippen molar-refractivity contribution in [2.24, 2.45) is 0 Å². The summed E-state index contributed by atoms with van der Waals surface area (Å²) in [6.07, 6.45) is -1.53. The van der Waals surface area contributed by atoms with Crippen molar-refractivity contribution in [3.05, 3.63) is 59.7 Å². The molecule has 0 aliphatic carbocycles. The molecular formula is C24H29N3O5. The first kappa shape index (κ1) is 23.5. The van der Waals surface area contributed by atoms with Gasteiger partial charge >= 0.3 is 0 Å². The van der Waals surface area contributed by atoms with Crippen LogP contribution in [0.5, 0.6) is 5.75 Å². The number of anilines is 1. The van der Waals surface area contributed by atoms with Crippen LogP contribution in [0.2, 0.25) is 0 Å². The molecule has 1 heterocycles. The van der Waals surface area contributed by atoms with Gasteiger partial charge < -0.3 is 29.5 Å². The standard InChI is InChI=1S/C24H29N3O5/c1-24(2)23(29)22(18-12-16(13-25)10-11-19(18)32-24)27(17-8-6-5-7-9-17)15-20(28)26-14-21(30-3)31-4/h5-12,21-23,29H,14-15H2,1-4H3,(H,26,28)/t22-,23+/m0/s1. The number of fused-ring (bicyclic) bond motifs is 1. The van der Waals surface area contributed by atoms with Crippen LogP contribution in [0, 0.1) is 11.3 Å². The van der Waals surface area contributed by atoms with Gasteiger partial charge in [0.1, 0.15) is 17.5 Å². The Morgan fingerprint density at radius 2 is 1.94 bits per heavy atom. The predicted octanol–water partition coefficient (Wildman–Crippen LogP) is 2.37. The lowest BCUT2D eigenvalue weighted by atomic mass is 9.84. The average Bonchev–Trinajstić information content (AvgIpc) is 2.79. The molecule has 2 aromatic carbocycles. The van der Waals surface area contributed by atoms with Crippen LogP contribution < -0.4 is 15.0 Å². The first-order chi connectivity index (χ1) is 15.3. The van der Waals surface area contributed by atoms with E-state index in [1.165, 1.54) is 14.2 Å². The number of carbonyl (C=O) groups excluding carboxylic acids is 1. The SMILES string of the molecule is COC(CNC(=O)CN(c1ccccc1)[C@H]1c2cc(C#N)ccc2OC(C)(C)[C@@H]1O)OC. The van der Waals surface area contributed by atoms with E-state index < -0.39 is 24.0 Å². The summed E-state index contributed by atoms with van der Waals surface area (Å²) in [5, 5.41) is 23.5. The van der Waals surface area contributed by atoms with E-state index >= 15 is 0 Å². The maximum absolute atomic E-state index is 12.9. The zero-order valence-electron chi connectivity index (χ0n) is 18.7. The molecule has 2 atom stereocenters. The quantitative estimate of drug-likeness (QED) is 0.609. The smallest absolute Gasteiger partial charge is 0.239 e. The molecule has 2 N–H and O–H groups in total. The molecule has 0 saturated heterocycles. The monoisotopic (exact) mass is 439 g/mol. The van der Waals surface area contributed by atoms with Gasteiger partial charge in [0.05, 0.1) is 30.8 Å². The van der Waals surface area contributed by atoms with E-state index in [4.69, 9.17) is 14.2 Å². The Morgan fingerprint density at radius 1 is 1.25 bits per heavy atom. The molecule has 3 rings (SSSR count). The number of ether oxygens (including phenoxy) is 3. The molecule has 32 heavy (non-hydrogen) atoms. The minimum Gasteiger partial charge on any atom is -0.485 e. The van der Waals surface area contributed by atoms with Gasteiger partial charge in [0.25, 0.3) is 0 Å². The second kappa shape index (κ2) is 10.0. The summed E-state index contributed by atoms with van der Waals surface area (Å²) < 4.78 is 16.3. The fourth-order valence-corrected chi connectivity index (χ4v) is 3.81. The fourth-order valence-electron chi connectivity index (χ4n) is 3.81. The van der Waals surface area contributed by atoms with Crippen LogP contribution >= 0.6 is 0 Å². The maximum Gasteiger partial charge on any atom is 0.239 e. The number of carbonyl (C=O) groups is 1. The largest absolute Gasteiger partial charge is 0.485 e. The van der Waals surface area contributed by atoms with Crippen molar-refractivity contribution in [1.29, 1.82) is 5.26 Å². The molecule has 0 fully saturated rings. The van der Waals surface area contributed by atoms with Gasteiger partial charge in [-0.05, 0) is 44.2 Å². The second-order valence-electron chi connectivity index (χ2n) is 8.13. The van der Waals surface area contributed by atoms with Crippen molar-refractivity contribution < 1.29 is 24.1 Å². The van der Waals surface area contributed by atoms with E-state index in [1.807, 2.05) is 35.2 Å². The van der Waals surface area contributed by atoms with Crippen LogP contribution in [-0.2, 0) is 14.3 Å². The Hall–Kier alpha value is -3.12. The third-order valence-corrected chi connectivity index (χ3v) is 5.57. The molecule has 1 aliphatic rings. The molecule has 0 radical (unpaired) electrons. The summed E-state index contributed by atoms with van der Waals surface area (Å²) in [5.41, 5.74) is 0.948. The molecule has 8 nitrogen and oxygen atoms in total. The topological polar surface area (TPSA) is 104 Å². The number of nitrogens with one attached hydrogen (secondary N) is 1. The van der Waals surface area contributed by atoms with Crippen molar-refractivity contribution in [3.8, 4) is 11.8 Å². The molecule has 0 bridgehead atoms. The number of amides is 1. The van der Waals surface area contributed by atoms with E-state index in [0.29, 0.717) is 16.9 Å². The average molecular weight is 440 g/mol. The van der Waals surface area contributed by atoms with Crippen LogP contribution in [0.15, 0.2) is 48.5 Å². The number of para-hydroxylation sites is 1. The summed E-state index contributed by atoms with van der Waals surface area (Å²) >= 11 is 0. The lowest BCUT2D eigenvalue weighted by Gasteiger charge is -2.47. The summed E-state index contributed by atoms with van der Waals surface area (Å²) in [4.78, 5) is 14.7. The fraction of sp³-hybridized carbons (Fsp3) is 0.417. The van der Waals surface area contributed by atoms with Gasteiger partial charge in [0, 0.05) is 25.5 Å². The third kappa shape index (κ3) is 5.02. The molecule has 1 aliphatic heterocycles. The summed E-state index contributed by atoms with van der Waals surface area (Å²) in [6.45, 7) is 3.76. The maximum atomic E-state index is 12.9. The van der Waals surface area contributed by atoms with Crippen molar-refractivity contribution in [1.82, 2.24) is 5.32 Å². The molecule has 170 valence electrons. The van der Waals surface area contributed by atoms with Crippen molar-refractivity contribution in [2.45, 2.75) is 37.9 Å². The van der Waals surface area contributed by atoms with E-state index in [0.717, 1.165) is 5.69 Å². The highest BCUT2D eigenvalue weighted by atomic mass is 16.7. The van der Waals surface area contributed by atoms with E-state index in [2.05, 4.69) is 11.4 Å². The summed E-state index contributed by atoms with van der Waals surface area (Å²) in [7, 11) is 3.00. The Balaban J connectivity index is 2.01. The van der Waals surface area contributed by atoms with Gasteiger partial charge in [0.2, 0.25) is 5.91 Å². The Labute approximate surface area is 188 Å². The number of nitrogens with zero attached hydrogens (tertiary/aromatic N) is 2. The first-order valence-electron chi connectivity index (χ1n) is 10.4. The number of hydrogen-bond acceptors (Lipinski definition) is 7. The minimum atomic E-state index is -0.970. The molecule has 8 heteroatoms. The molecular weight excluding hydrogens is 410 g/mol. The molecule has 0 aromatic heterocycles. The van der Waals surface area contributed by atoms with E-state index in [9.17, 15) is 15.2 Å². The number of methoxy groups -OCH3 is 2. The Bertz CT molecular complexity index is 969. The number of benzene rings is 2. The zero-order valence-corrected chi connectivity index (χ0v) is 18.7. The number of hydrogen-bond donors (Lipinski definition) is 2. The lowest BCUT2D eigenvalue weighted by Crippen LogP contribution is -2.55. The van der Waals surface area contributed by atoms with E-state index in [-0.39, 0.29) is 19.0 Å². The summed E-state index contributed by atoms with van der Waals surface area (Å²) in [5.74, 6) is 0.312.